The van der Waals surface area contributed by atoms with Gasteiger partial charge in [-0.1, -0.05) is 23.8 Å². The average molecular weight is 280 g/mol. The van der Waals surface area contributed by atoms with Crippen LogP contribution in [-0.2, 0) is 6.54 Å². The molecular weight excluding hydrogens is 266 g/mol. The highest BCUT2D eigenvalue weighted by atomic mass is 35.5. The number of nitrogens with one attached hydrogen (secondary N) is 1. The largest absolute Gasteiger partial charge is 0.329 e. The summed E-state index contributed by atoms with van der Waals surface area (Å²) in [6.45, 7) is 0.928. The van der Waals surface area contributed by atoms with Gasteiger partial charge in [0.05, 0.1) is 10.5 Å². The molecule has 1 atom stereocenters. The molecule has 0 saturated carbocycles. The molecule has 1 aliphatic rings. The molecule has 1 N–H and O–H groups in total. The standard InChI is InChI=1S/C13H14ClN3S/c14-10-6-11-12(15-7-10)17(13(18)16-11)8-9-4-2-1-3-5-9/h1-2,6-7,9H,3-5,8H2,(H,16,18). The van der Waals surface area contributed by atoms with Crippen molar-refractivity contribution < 1.29 is 0 Å². The molecule has 1 unspecified atom stereocenters. The van der Waals surface area contributed by atoms with Gasteiger partial charge in [0.1, 0.15) is 0 Å². The van der Waals surface area contributed by atoms with Crippen LogP contribution in [0.1, 0.15) is 19.3 Å². The highest BCUT2D eigenvalue weighted by molar-refractivity contribution is 7.71. The Bertz CT molecular complexity index is 656. The summed E-state index contributed by atoms with van der Waals surface area (Å²) in [7, 11) is 0. The Morgan fingerprint density at radius 2 is 2.39 bits per heavy atom. The molecule has 3 nitrogen and oxygen atoms in total. The van der Waals surface area contributed by atoms with Crippen molar-refractivity contribution in [3.05, 3.63) is 34.2 Å². The van der Waals surface area contributed by atoms with Gasteiger partial charge in [-0.2, -0.15) is 0 Å². The second kappa shape index (κ2) is 4.86. The summed E-state index contributed by atoms with van der Waals surface area (Å²) in [5, 5.41) is 0.631. The number of fused-ring (bicyclic) bond motifs is 1. The van der Waals surface area contributed by atoms with E-state index < -0.39 is 0 Å². The van der Waals surface area contributed by atoms with Crippen molar-refractivity contribution in [2.75, 3.05) is 0 Å². The molecule has 1 aliphatic carbocycles. The van der Waals surface area contributed by atoms with Gasteiger partial charge in [-0.25, -0.2) is 4.98 Å². The van der Waals surface area contributed by atoms with Gasteiger partial charge in [0.15, 0.2) is 10.4 Å². The first-order valence-electron chi connectivity index (χ1n) is 6.13. The Morgan fingerprint density at radius 3 is 3.17 bits per heavy atom. The summed E-state index contributed by atoms with van der Waals surface area (Å²) in [6.07, 6.45) is 9.70. The lowest BCUT2D eigenvalue weighted by atomic mass is 9.94. The molecule has 0 spiro atoms. The minimum absolute atomic E-state index is 0.631. The van der Waals surface area contributed by atoms with Crippen molar-refractivity contribution in [3.8, 4) is 0 Å². The summed E-state index contributed by atoms with van der Waals surface area (Å²) in [5.74, 6) is 0.651. The number of aromatic amines is 1. The van der Waals surface area contributed by atoms with Crippen LogP contribution in [0.5, 0.6) is 0 Å². The van der Waals surface area contributed by atoms with Crippen LogP contribution in [0.15, 0.2) is 24.4 Å². The molecule has 5 heteroatoms. The van der Waals surface area contributed by atoms with Crippen molar-refractivity contribution >= 4 is 35.0 Å². The zero-order valence-corrected chi connectivity index (χ0v) is 11.5. The number of nitrogens with zero attached hydrogens (tertiary/aromatic N) is 2. The quantitative estimate of drug-likeness (QED) is 0.663. The number of hydrogen-bond acceptors (Lipinski definition) is 2. The maximum absolute atomic E-state index is 5.94. The summed E-state index contributed by atoms with van der Waals surface area (Å²) in [6, 6.07) is 1.87. The topological polar surface area (TPSA) is 33.6 Å². The molecule has 0 bridgehead atoms. The molecule has 2 aromatic rings. The van der Waals surface area contributed by atoms with Gasteiger partial charge in [-0.05, 0) is 43.5 Å². The van der Waals surface area contributed by atoms with Crippen LogP contribution in [0.25, 0.3) is 11.2 Å². The number of imidazole rings is 1. The Balaban J connectivity index is 1.98. The van der Waals surface area contributed by atoms with E-state index in [0.717, 1.165) is 28.9 Å². The molecule has 3 rings (SSSR count). The summed E-state index contributed by atoms with van der Waals surface area (Å²) >= 11 is 11.3. The number of pyridine rings is 1. The third-order valence-corrected chi connectivity index (χ3v) is 3.92. The third kappa shape index (κ3) is 2.22. The molecule has 2 heterocycles. The molecule has 2 aromatic heterocycles. The van der Waals surface area contributed by atoms with E-state index in [1.807, 2.05) is 6.07 Å². The molecule has 0 radical (unpaired) electrons. The van der Waals surface area contributed by atoms with Crippen molar-refractivity contribution in [1.82, 2.24) is 14.5 Å². The zero-order chi connectivity index (χ0) is 12.5. The number of aromatic nitrogens is 3. The van der Waals surface area contributed by atoms with E-state index in [2.05, 4.69) is 26.7 Å². The van der Waals surface area contributed by atoms with Crippen molar-refractivity contribution in [3.63, 3.8) is 0 Å². The van der Waals surface area contributed by atoms with E-state index in [1.54, 1.807) is 6.20 Å². The number of H-pyrrole nitrogens is 1. The maximum atomic E-state index is 5.94. The van der Waals surface area contributed by atoms with Gasteiger partial charge in [0, 0.05) is 12.7 Å². The Hall–Kier alpha value is -1.13. The number of hydrogen-bond donors (Lipinski definition) is 1. The van der Waals surface area contributed by atoms with Gasteiger partial charge in [0.2, 0.25) is 0 Å². The lowest BCUT2D eigenvalue weighted by Gasteiger charge is -2.18. The van der Waals surface area contributed by atoms with E-state index >= 15 is 0 Å². The van der Waals surface area contributed by atoms with Crippen LogP contribution in [0.3, 0.4) is 0 Å². The van der Waals surface area contributed by atoms with E-state index in [4.69, 9.17) is 23.8 Å². The van der Waals surface area contributed by atoms with Crippen molar-refractivity contribution in [1.29, 1.82) is 0 Å². The van der Waals surface area contributed by atoms with Crippen LogP contribution < -0.4 is 0 Å². The first-order valence-corrected chi connectivity index (χ1v) is 6.92. The second-order valence-electron chi connectivity index (χ2n) is 4.72. The number of halogens is 1. The van der Waals surface area contributed by atoms with E-state index in [-0.39, 0.29) is 0 Å². The average Bonchev–Trinajstić information content (AvgIpc) is 2.66. The summed E-state index contributed by atoms with van der Waals surface area (Å²) in [5.41, 5.74) is 1.82. The van der Waals surface area contributed by atoms with Crippen molar-refractivity contribution in [2.45, 2.75) is 25.8 Å². The van der Waals surface area contributed by atoms with E-state index in [0.29, 0.717) is 10.9 Å². The molecule has 0 fully saturated rings. The molecule has 0 saturated heterocycles. The van der Waals surface area contributed by atoms with E-state index in [1.165, 1.54) is 12.8 Å². The molecule has 18 heavy (non-hydrogen) atoms. The lowest BCUT2D eigenvalue weighted by Crippen LogP contribution is -2.12. The predicted octanol–water partition coefficient (Wildman–Crippen LogP) is 4.10. The van der Waals surface area contributed by atoms with Crippen LogP contribution in [0.2, 0.25) is 5.02 Å². The number of rotatable bonds is 2. The van der Waals surface area contributed by atoms with Crippen LogP contribution in [-0.4, -0.2) is 14.5 Å². The molecule has 0 amide bonds. The fourth-order valence-electron chi connectivity index (χ4n) is 2.47. The molecule has 0 aromatic carbocycles. The lowest BCUT2D eigenvalue weighted by molar-refractivity contribution is 0.412. The minimum atomic E-state index is 0.631. The smallest absolute Gasteiger partial charge is 0.179 e. The summed E-state index contributed by atoms with van der Waals surface area (Å²) in [4.78, 5) is 7.55. The van der Waals surface area contributed by atoms with Crippen LogP contribution >= 0.6 is 23.8 Å². The predicted molar refractivity (Wildman–Crippen MR) is 76.4 cm³/mol. The maximum Gasteiger partial charge on any atom is 0.179 e. The van der Waals surface area contributed by atoms with Crippen LogP contribution in [0.4, 0.5) is 0 Å². The fourth-order valence-corrected chi connectivity index (χ4v) is 2.90. The van der Waals surface area contributed by atoms with Gasteiger partial charge in [-0.3, -0.25) is 0 Å². The monoisotopic (exact) mass is 279 g/mol. The molecule has 94 valence electrons. The third-order valence-electron chi connectivity index (χ3n) is 3.39. The Morgan fingerprint density at radius 1 is 1.50 bits per heavy atom. The Kier molecular flexibility index (Phi) is 3.22. The van der Waals surface area contributed by atoms with Crippen LogP contribution in [0, 0.1) is 10.7 Å². The zero-order valence-electron chi connectivity index (χ0n) is 9.90. The van der Waals surface area contributed by atoms with Gasteiger partial charge >= 0.3 is 0 Å². The second-order valence-corrected chi connectivity index (χ2v) is 5.54. The van der Waals surface area contributed by atoms with Gasteiger partial charge in [-0.15, -0.1) is 0 Å². The SMILES string of the molecule is S=c1[nH]c2cc(Cl)cnc2n1CC1CC=CCC1. The highest BCUT2D eigenvalue weighted by Crippen LogP contribution is 2.23. The van der Waals surface area contributed by atoms with Crippen molar-refractivity contribution in [2.24, 2.45) is 5.92 Å². The number of allylic oxidation sites excluding steroid dienone is 2. The first kappa shape index (κ1) is 11.9. The molecular formula is C13H14ClN3S. The highest BCUT2D eigenvalue weighted by Gasteiger charge is 2.14. The van der Waals surface area contributed by atoms with E-state index in [9.17, 15) is 0 Å². The van der Waals surface area contributed by atoms with Gasteiger partial charge in [0.25, 0.3) is 0 Å². The van der Waals surface area contributed by atoms with Gasteiger partial charge < -0.3 is 9.55 Å². The fraction of sp³-hybridized carbons (Fsp3) is 0.385. The minimum Gasteiger partial charge on any atom is -0.329 e. The Labute approximate surface area is 115 Å². The molecule has 0 aliphatic heterocycles. The normalized spacial score (nSPS) is 19.5. The first-order chi connectivity index (χ1) is 8.74. The summed E-state index contributed by atoms with van der Waals surface area (Å²) < 4.78 is 2.82.